The SMILES string of the molecule is CCCN1CCCc2cc(C=NNc3nc(C)cs3)ccc21. The van der Waals surface area contributed by atoms with Crippen LogP contribution in [0.3, 0.4) is 0 Å². The summed E-state index contributed by atoms with van der Waals surface area (Å²) in [6.07, 6.45) is 5.47. The highest BCUT2D eigenvalue weighted by molar-refractivity contribution is 7.13. The van der Waals surface area contributed by atoms with Crippen molar-refractivity contribution in [1.82, 2.24) is 4.98 Å². The number of hydrazone groups is 1. The third kappa shape index (κ3) is 3.47. The van der Waals surface area contributed by atoms with Crippen molar-refractivity contribution in [2.75, 3.05) is 23.4 Å². The number of nitrogens with zero attached hydrogens (tertiary/aromatic N) is 3. The van der Waals surface area contributed by atoms with E-state index in [1.807, 2.05) is 18.5 Å². The number of nitrogens with one attached hydrogen (secondary N) is 1. The summed E-state index contributed by atoms with van der Waals surface area (Å²) in [5.41, 5.74) is 7.98. The monoisotopic (exact) mass is 314 g/mol. The van der Waals surface area contributed by atoms with Crippen molar-refractivity contribution in [3.8, 4) is 0 Å². The van der Waals surface area contributed by atoms with Crippen molar-refractivity contribution in [3.63, 3.8) is 0 Å². The lowest BCUT2D eigenvalue weighted by Gasteiger charge is -2.31. The lowest BCUT2D eigenvalue weighted by Crippen LogP contribution is -2.30. The topological polar surface area (TPSA) is 40.5 Å². The van der Waals surface area contributed by atoms with Gasteiger partial charge in [0.2, 0.25) is 5.13 Å². The average Bonchev–Trinajstić information content (AvgIpc) is 2.93. The van der Waals surface area contributed by atoms with Crippen LogP contribution in [0.2, 0.25) is 0 Å². The summed E-state index contributed by atoms with van der Waals surface area (Å²) in [7, 11) is 0. The lowest BCUT2D eigenvalue weighted by molar-refractivity contribution is 0.681. The molecule has 0 aliphatic carbocycles. The Morgan fingerprint density at radius 3 is 3.14 bits per heavy atom. The summed E-state index contributed by atoms with van der Waals surface area (Å²) >= 11 is 1.57. The number of hydrogen-bond donors (Lipinski definition) is 1. The maximum absolute atomic E-state index is 4.33. The lowest BCUT2D eigenvalue weighted by atomic mass is 9.99. The Kier molecular flexibility index (Phi) is 4.73. The normalized spacial score (nSPS) is 14.4. The van der Waals surface area contributed by atoms with Gasteiger partial charge in [0.1, 0.15) is 0 Å². The maximum Gasteiger partial charge on any atom is 0.203 e. The molecule has 1 N–H and O–H groups in total. The maximum atomic E-state index is 4.33. The number of benzene rings is 1. The molecule has 5 heteroatoms. The molecule has 3 rings (SSSR count). The van der Waals surface area contributed by atoms with Gasteiger partial charge in [0.15, 0.2) is 0 Å². The van der Waals surface area contributed by atoms with Gasteiger partial charge in [-0.3, -0.25) is 5.43 Å². The molecule has 116 valence electrons. The van der Waals surface area contributed by atoms with Gasteiger partial charge in [-0.15, -0.1) is 11.3 Å². The third-order valence-corrected chi connectivity index (χ3v) is 4.67. The van der Waals surface area contributed by atoms with E-state index in [1.165, 1.54) is 30.6 Å². The van der Waals surface area contributed by atoms with Gasteiger partial charge in [-0.25, -0.2) is 4.98 Å². The van der Waals surface area contributed by atoms with E-state index >= 15 is 0 Å². The first kappa shape index (κ1) is 15.0. The first-order valence-corrected chi connectivity index (χ1v) is 8.73. The molecule has 0 atom stereocenters. The second-order valence-electron chi connectivity index (χ2n) is 5.64. The van der Waals surface area contributed by atoms with Crippen LogP contribution < -0.4 is 10.3 Å². The fourth-order valence-electron chi connectivity index (χ4n) is 2.84. The minimum absolute atomic E-state index is 0.834. The van der Waals surface area contributed by atoms with Gasteiger partial charge in [0.25, 0.3) is 0 Å². The molecule has 0 fully saturated rings. The summed E-state index contributed by atoms with van der Waals surface area (Å²) in [6, 6.07) is 6.64. The molecule has 0 spiro atoms. The van der Waals surface area contributed by atoms with E-state index in [1.54, 1.807) is 11.3 Å². The first-order chi connectivity index (χ1) is 10.8. The van der Waals surface area contributed by atoms with Crippen molar-refractivity contribution < 1.29 is 0 Å². The predicted octanol–water partition coefficient (Wildman–Crippen LogP) is 4.06. The third-order valence-electron chi connectivity index (χ3n) is 3.80. The van der Waals surface area contributed by atoms with Crippen molar-refractivity contribution in [2.45, 2.75) is 33.1 Å². The van der Waals surface area contributed by atoms with Crippen LogP contribution in [-0.4, -0.2) is 24.3 Å². The minimum Gasteiger partial charge on any atom is -0.371 e. The zero-order valence-electron chi connectivity index (χ0n) is 13.2. The molecule has 2 aromatic rings. The molecule has 1 aliphatic heterocycles. The van der Waals surface area contributed by atoms with Gasteiger partial charge in [0, 0.05) is 24.2 Å². The number of anilines is 2. The number of rotatable bonds is 5. The second kappa shape index (κ2) is 6.92. The van der Waals surface area contributed by atoms with E-state index in [2.05, 4.69) is 45.5 Å². The molecular weight excluding hydrogens is 292 g/mol. The van der Waals surface area contributed by atoms with Crippen LogP contribution in [0.4, 0.5) is 10.8 Å². The zero-order valence-corrected chi connectivity index (χ0v) is 14.0. The van der Waals surface area contributed by atoms with Crippen LogP contribution in [0.1, 0.15) is 36.6 Å². The van der Waals surface area contributed by atoms with E-state index in [4.69, 9.17) is 0 Å². The molecule has 1 aromatic carbocycles. The highest BCUT2D eigenvalue weighted by Gasteiger charge is 2.15. The minimum atomic E-state index is 0.834. The Bertz CT molecular complexity index is 662. The Hall–Kier alpha value is -1.88. The molecule has 22 heavy (non-hydrogen) atoms. The summed E-state index contributed by atoms with van der Waals surface area (Å²) < 4.78 is 0. The standard InChI is InChI=1S/C17H22N4S/c1-3-8-21-9-4-5-15-10-14(6-7-16(15)21)11-18-20-17-19-13(2)12-22-17/h6-7,10-12H,3-5,8-9H2,1-2H3,(H,19,20). The van der Waals surface area contributed by atoms with Crippen molar-refractivity contribution in [1.29, 1.82) is 0 Å². The van der Waals surface area contributed by atoms with E-state index in [-0.39, 0.29) is 0 Å². The summed E-state index contributed by atoms with van der Waals surface area (Å²) in [5.74, 6) is 0. The highest BCUT2D eigenvalue weighted by atomic mass is 32.1. The smallest absolute Gasteiger partial charge is 0.203 e. The summed E-state index contributed by atoms with van der Waals surface area (Å²) in [5, 5.41) is 7.14. The second-order valence-corrected chi connectivity index (χ2v) is 6.50. The van der Waals surface area contributed by atoms with Crippen LogP contribution in [0.5, 0.6) is 0 Å². The fourth-order valence-corrected chi connectivity index (χ4v) is 3.48. The van der Waals surface area contributed by atoms with Gasteiger partial charge in [-0.1, -0.05) is 13.0 Å². The van der Waals surface area contributed by atoms with Gasteiger partial charge in [-0.2, -0.15) is 5.10 Å². The molecule has 4 nitrogen and oxygen atoms in total. The van der Waals surface area contributed by atoms with E-state index in [9.17, 15) is 0 Å². The molecule has 0 unspecified atom stereocenters. The van der Waals surface area contributed by atoms with Gasteiger partial charge >= 0.3 is 0 Å². The van der Waals surface area contributed by atoms with Crippen LogP contribution in [0.25, 0.3) is 0 Å². The predicted molar refractivity (Wildman–Crippen MR) is 95.3 cm³/mol. The van der Waals surface area contributed by atoms with Crippen molar-refractivity contribution >= 4 is 28.4 Å². The van der Waals surface area contributed by atoms with Crippen LogP contribution in [-0.2, 0) is 6.42 Å². The van der Waals surface area contributed by atoms with Gasteiger partial charge in [-0.05, 0) is 49.4 Å². The summed E-state index contributed by atoms with van der Waals surface area (Å²) in [4.78, 5) is 6.83. The fraction of sp³-hybridized carbons (Fsp3) is 0.412. The highest BCUT2D eigenvalue weighted by Crippen LogP contribution is 2.27. The average molecular weight is 314 g/mol. The van der Waals surface area contributed by atoms with Crippen molar-refractivity contribution in [2.24, 2.45) is 5.10 Å². The Morgan fingerprint density at radius 1 is 1.45 bits per heavy atom. The van der Waals surface area contributed by atoms with E-state index in [0.717, 1.165) is 29.4 Å². The zero-order chi connectivity index (χ0) is 15.4. The largest absolute Gasteiger partial charge is 0.371 e. The summed E-state index contributed by atoms with van der Waals surface area (Å²) in [6.45, 7) is 6.54. The molecule has 0 saturated carbocycles. The molecule has 1 aromatic heterocycles. The number of hydrogen-bond acceptors (Lipinski definition) is 5. The number of thiazole rings is 1. The molecule has 2 heterocycles. The van der Waals surface area contributed by atoms with E-state index < -0.39 is 0 Å². The van der Waals surface area contributed by atoms with Crippen LogP contribution >= 0.6 is 11.3 Å². The Morgan fingerprint density at radius 2 is 2.36 bits per heavy atom. The van der Waals surface area contributed by atoms with Crippen molar-refractivity contribution in [3.05, 3.63) is 40.4 Å². The number of aromatic nitrogens is 1. The van der Waals surface area contributed by atoms with Crippen LogP contribution in [0.15, 0.2) is 28.7 Å². The molecule has 0 radical (unpaired) electrons. The Balaban J connectivity index is 1.70. The molecule has 0 bridgehead atoms. The molecule has 0 saturated heterocycles. The molecular formula is C17H22N4S. The van der Waals surface area contributed by atoms with E-state index in [0.29, 0.717) is 0 Å². The quantitative estimate of drug-likeness (QED) is 0.668. The van der Waals surface area contributed by atoms with Crippen LogP contribution in [0, 0.1) is 6.92 Å². The van der Waals surface area contributed by atoms with Gasteiger partial charge in [0.05, 0.1) is 11.9 Å². The Labute approximate surface area is 135 Å². The first-order valence-electron chi connectivity index (χ1n) is 7.85. The number of fused-ring (bicyclic) bond motifs is 1. The molecule has 0 amide bonds. The molecule has 1 aliphatic rings. The number of aryl methyl sites for hydroxylation is 2. The van der Waals surface area contributed by atoms with Gasteiger partial charge < -0.3 is 4.90 Å².